The summed E-state index contributed by atoms with van der Waals surface area (Å²) in [4.78, 5) is 0. The Bertz CT molecular complexity index is 672. The third-order valence-electron chi connectivity index (χ3n) is 3.24. The maximum atomic E-state index is 12.0. The molecule has 0 spiro atoms. The smallest absolute Gasteiger partial charge is 0.212 e. The number of nitrogens with zero attached hydrogens (tertiary/aromatic N) is 2. The number of rotatable bonds is 8. The van der Waals surface area contributed by atoms with Crippen molar-refractivity contribution in [1.82, 2.24) is 13.3 Å². The van der Waals surface area contributed by atoms with Gasteiger partial charge in [0.1, 0.15) is 0 Å². The molecule has 0 amide bonds. The molecule has 1 N–H and O–H groups in total. The average molecular weight is 349 g/mol. The first-order chi connectivity index (χ1) is 10.1. The first-order valence-electron chi connectivity index (χ1n) is 6.74. The summed E-state index contributed by atoms with van der Waals surface area (Å²) in [6, 6.07) is 8.83. The molecule has 126 valence electrons. The van der Waals surface area contributed by atoms with Crippen LogP contribution in [0, 0.1) is 0 Å². The van der Waals surface area contributed by atoms with Crippen LogP contribution in [0.4, 0.5) is 0 Å². The van der Waals surface area contributed by atoms with Gasteiger partial charge in [-0.2, -0.15) is 17.0 Å². The highest BCUT2D eigenvalue weighted by Crippen LogP contribution is 2.21. The van der Waals surface area contributed by atoms with E-state index in [2.05, 4.69) is 4.72 Å². The molecule has 0 fully saturated rings. The molecule has 1 aromatic rings. The van der Waals surface area contributed by atoms with Gasteiger partial charge in [-0.05, 0) is 12.5 Å². The molecule has 7 nitrogen and oxygen atoms in total. The molecule has 1 aromatic carbocycles. The molecule has 0 radical (unpaired) electrons. The van der Waals surface area contributed by atoms with Crippen molar-refractivity contribution in [3.63, 3.8) is 0 Å². The highest BCUT2D eigenvalue weighted by atomic mass is 32.2. The van der Waals surface area contributed by atoms with Gasteiger partial charge in [-0.15, -0.1) is 0 Å². The Balaban J connectivity index is 2.84. The second kappa shape index (κ2) is 7.51. The third kappa shape index (κ3) is 5.33. The number of nitrogens with one attached hydrogen (secondary N) is 1. The van der Waals surface area contributed by atoms with Crippen LogP contribution in [0.15, 0.2) is 30.3 Å². The van der Waals surface area contributed by atoms with Gasteiger partial charge < -0.3 is 0 Å². The van der Waals surface area contributed by atoms with E-state index in [1.807, 2.05) is 30.3 Å². The normalized spacial score (nSPS) is 14.5. The number of benzene rings is 1. The Morgan fingerprint density at radius 3 is 2.09 bits per heavy atom. The molecule has 0 aliphatic rings. The summed E-state index contributed by atoms with van der Waals surface area (Å²) in [6.07, 6.45) is 1.12. The van der Waals surface area contributed by atoms with Gasteiger partial charge in [-0.3, -0.25) is 0 Å². The lowest BCUT2D eigenvalue weighted by molar-refractivity contribution is 0.347. The van der Waals surface area contributed by atoms with Crippen LogP contribution in [0.1, 0.15) is 18.5 Å². The SMILES string of the molecule is CC(c1ccccc1)N(CCNS(=O)(=O)N(C)C)S(C)(=O)=O. The first-order valence-corrected chi connectivity index (χ1v) is 10.0. The van der Waals surface area contributed by atoms with Crippen molar-refractivity contribution < 1.29 is 16.8 Å². The Morgan fingerprint density at radius 2 is 1.64 bits per heavy atom. The van der Waals surface area contributed by atoms with Crippen molar-refractivity contribution in [3.8, 4) is 0 Å². The summed E-state index contributed by atoms with van der Waals surface area (Å²) < 4.78 is 51.9. The standard InChI is InChI=1S/C13H23N3O4S2/c1-12(13-8-6-5-7-9-13)16(21(4,17)18)11-10-14-22(19,20)15(2)3/h5-9,12,14H,10-11H2,1-4H3. The molecule has 0 bridgehead atoms. The molecule has 1 rings (SSSR count). The van der Waals surface area contributed by atoms with E-state index in [0.717, 1.165) is 16.1 Å². The minimum atomic E-state index is -3.57. The van der Waals surface area contributed by atoms with Gasteiger partial charge in [0.15, 0.2) is 0 Å². The van der Waals surface area contributed by atoms with Gasteiger partial charge in [0, 0.05) is 33.2 Å². The number of hydrogen-bond acceptors (Lipinski definition) is 4. The fraction of sp³-hybridized carbons (Fsp3) is 0.538. The summed E-state index contributed by atoms with van der Waals surface area (Å²) >= 11 is 0. The summed E-state index contributed by atoms with van der Waals surface area (Å²) in [7, 11) is -4.22. The Labute approximate surface area is 133 Å². The predicted octanol–water partition coefficient (Wildman–Crippen LogP) is 0.405. The van der Waals surface area contributed by atoms with Crippen LogP contribution >= 0.6 is 0 Å². The molecule has 0 aliphatic heterocycles. The first kappa shape index (κ1) is 19.0. The zero-order valence-electron chi connectivity index (χ0n) is 13.2. The van der Waals surface area contributed by atoms with E-state index in [9.17, 15) is 16.8 Å². The van der Waals surface area contributed by atoms with Crippen LogP contribution in [-0.4, -0.2) is 58.9 Å². The summed E-state index contributed by atoms with van der Waals surface area (Å²) in [5, 5.41) is 0. The molecule has 0 heterocycles. The van der Waals surface area contributed by atoms with E-state index in [1.54, 1.807) is 6.92 Å². The molecule has 0 saturated heterocycles. The molecule has 1 unspecified atom stereocenters. The summed E-state index contributed by atoms with van der Waals surface area (Å²) in [5.41, 5.74) is 0.850. The lowest BCUT2D eigenvalue weighted by Crippen LogP contribution is -2.42. The Kier molecular flexibility index (Phi) is 6.50. The zero-order valence-corrected chi connectivity index (χ0v) is 14.9. The molecule has 9 heteroatoms. The van der Waals surface area contributed by atoms with Crippen molar-refractivity contribution in [2.45, 2.75) is 13.0 Å². The van der Waals surface area contributed by atoms with E-state index >= 15 is 0 Å². The number of hydrogen-bond donors (Lipinski definition) is 1. The Hall–Kier alpha value is -1.00. The monoisotopic (exact) mass is 349 g/mol. The van der Waals surface area contributed by atoms with Gasteiger partial charge in [0.25, 0.3) is 10.2 Å². The van der Waals surface area contributed by atoms with Crippen LogP contribution in [0.5, 0.6) is 0 Å². The van der Waals surface area contributed by atoms with Crippen molar-refractivity contribution in [1.29, 1.82) is 0 Å². The van der Waals surface area contributed by atoms with Crippen molar-refractivity contribution in [2.75, 3.05) is 33.4 Å². The summed E-state index contributed by atoms with van der Waals surface area (Å²) in [6.45, 7) is 1.84. The summed E-state index contributed by atoms with van der Waals surface area (Å²) in [5.74, 6) is 0. The average Bonchev–Trinajstić information content (AvgIpc) is 2.42. The van der Waals surface area contributed by atoms with Crippen LogP contribution < -0.4 is 4.72 Å². The molecular formula is C13H23N3O4S2. The molecule has 0 aromatic heterocycles. The fourth-order valence-electron chi connectivity index (χ4n) is 1.96. The minimum Gasteiger partial charge on any atom is -0.212 e. The topological polar surface area (TPSA) is 86.8 Å². The largest absolute Gasteiger partial charge is 0.278 e. The second-order valence-electron chi connectivity index (χ2n) is 5.14. The fourth-order valence-corrected chi connectivity index (χ4v) is 3.68. The van der Waals surface area contributed by atoms with Gasteiger partial charge in [-0.1, -0.05) is 30.3 Å². The van der Waals surface area contributed by atoms with Gasteiger partial charge >= 0.3 is 0 Å². The highest BCUT2D eigenvalue weighted by molar-refractivity contribution is 7.88. The highest BCUT2D eigenvalue weighted by Gasteiger charge is 2.25. The zero-order chi connectivity index (χ0) is 17.0. The second-order valence-corrected chi connectivity index (χ2v) is 9.05. The van der Waals surface area contributed by atoms with Gasteiger partial charge in [0.2, 0.25) is 10.0 Å². The van der Waals surface area contributed by atoms with Crippen LogP contribution in [0.2, 0.25) is 0 Å². The van der Waals surface area contributed by atoms with Crippen LogP contribution in [0.25, 0.3) is 0 Å². The van der Waals surface area contributed by atoms with E-state index in [-0.39, 0.29) is 19.1 Å². The van der Waals surface area contributed by atoms with E-state index in [4.69, 9.17) is 0 Å². The minimum absolute atomic E-state index is 0.00472. The maximum absolute atomic E-state index is 12.0. The van der Waals surface area contributed by atoms with E-state index in [0.29, 0.717) is 0 Å². The maximum Gasteiger partial charge on any atom is 0.278 e. The third-order valence-corrected chi connectivity index (χ3v) is 6.12. The van der Waals surface area contributed by atoms with Gasteiger partial charge in [-0.25, -0.2) is 13.1 Å². The van der Waals surface area contributed by atoms with Crippen molar-refractivity contribution in [2.24, 2.45) is 0 Å². The predicted molar refractivity (Wildman–Crippen MR) is 87.0 cm³/mol. The van der Waals surface area contributed by atoms with Crippen molar-refractivity contribution >= 4 is 20.2 Å². The van der Waals surface area contributed by atoms with Crippen LogP contribution in [-0.2, 0) is 20.2 Å². The Morgan fingerprint density at radius 1 is 1.09 bits per heavy atom. The van der Waals surface area contributed by atoms with Crippen LogP contribution in [0.3, 0.4) is 0 Å². The molecular weight excluding hydrogens is 326 g/mol. The van der Waals surface area contributed by atoms with E-state index in [1.165, 1.54) is 18.4 Å². The number of sulfonamides is 1. The molecule has 0 aliphatic carbocycles. The molecule has 0 saturated carbocycles. The van der Waals surface area contributed by atoms with Crippen molar-refractivity contribution in [3.05, 3.63) is 35.9 Å². The molecule has 22 heavy (non-hydrogen) atoms. The lowest BCUT2D eigenvalue weighted by Gasteiger charge is -2.27. The lowest BCUT2D eigenvalue weighted by atomic mass is 10.1. The molecule has 1 atom stereocenters. The van der Waals surface area contributed by atoms with E-state index < -0.39 is 20.2 Å². The van der Waals surface area contributed by atoms with Gasteiger partial charge in [0.05, 0.1) is 6.26 Å². The quantitative estimate of drug-likeness (QED) is 0.736.